The highest BCUT2D eigenvalue weighted by atomic mass is 79.9. The summed E-state index contributed by atoms with van der Waals surface area (Å²) in [6.45, 7) is 4.34. The van der Waals surface area contributed by atoms with Gasteiger partial charge in [-0.2, -0.15) is 0 Å². The minimum atomic E-state index is 0.484. The van der Waals surface area contributed by atoms with E-state index < -0.39 is 0 Å². The van der Waals surface area contributed by atoms with Crippen molar-refractivity contribution >= 4 is 15.9 Å². The molecule has 0 bridgehead atoms. The quantitative estimate of drug-likeness (QED) is 0.792. The maximum absolute atomic E-state index is 5.70. The van der Waals surface area contributed by atoms with E-state index in [1.807, 2.05) is 12.1 Å². The lowest BCUT2D eigenvalue weighted by Gasteiger charge is -2.07. The molecule has 1 N–H and O–H groups in total. The van der Waals surface area contributed by atoms with E-state index in [1.165, 1.54) is 0 Å². The summed E-state index contributed by atoms with van der Waals surface area (Å²) in [4.78, 5) is 4.06. The monoisotopic (exact) mass is 324 g/mol. The summed E-state index contributed by atoms with van der Waals surface area (Å²) in [5, 5.41) is 3.32. The Labute approximate surface area is 121 Å². The molecule has 0 spiro atoms. The summed E-state index contributed by atoms with van der Waals surface area (Å²) in [7, 11) is 0. The van der Waals surface area contributed by atoms with Crippen LogP contribution in [0.15, 0.2) is 39.7 Å². The molecule has 0 aromatic carbocycles. The van der Waals surface area contributed by atoms with Gasteiger partial charge in [-0.1, -0.05) is 6.92 Å². The average molecular weight is 325 g/mol. The molecule has 19 heavy (non-hydrogen) atoms. The molecule has 102 valence electrons. The molecular weight excluding hydrogens is 308 g/mol. The number of nitrogens with zero attached hydrogens (tertiary/aromatic N) is 1. The highest BCUT2D eigenvalue weighted by molar-refractivity contribution is 9.10. The van der Waals surface area contributed by atoms with E-state index in [4.69, 9.17) is 9.15 Å². The first-order valence-corrected chi connectivity index (χ1v) is 7.08. The van der Waals surface area contributed by atoms with Crippen molar-refractivity contribution in [1.29, 1.82) is 0 Å². The highest BCUT2D eigenvalue weighted by Crippen LogP contribution is 2.18. The normalized spacial score (nSPS) is 10.6. The lowest BCUT2D eigenvalue weighted by molar-refractivity contribution is 0.300. The van der Waals surface area contributed by atoms with Gasteiger partial charge < -0.3 is 14.5 Å². The van der Waals surface area contributed by atoms with Gasteiger partial charge in [0.25, 0.3) is 0 Å². The molecule has 0 fully saturated rings. The van der Waals surface area contributed by atoms with Crippen molar-refractivity contribution in [3.63, 3.8) is 0 Å². The van der Waals surface area contributed by atoms with Gasteiger partial charge in [-0.25, -0.2) is 0 Å². The number of furan rings is 1. The summed E-state index contributed by atoms with van der Waals surface area (Å²) in [6.07, 6.45) is 6.22. The van der Waals surface area contributed by atoms with Crippen molar-refractivity contribution in [2.24, 2.45) is 0 Å². The summed E-state index contributed by atoms with van der Waals surface area (Å²) < 4.78 is 12.1. The topological polar surface area (TPSA) is 47.3 Å². The van der Waals surface area contributed by atoms with Crippen molar-refractivity contribution in [3.05, 3.63) is 46.6 Å². The molecule has 0 aliphatic heterocycles. The van der Waals surface area contributed by atoms with Gasteiger partial charge in [-0.05, 0) is 41.0 Å². The van der Waals surface area contributed by atoms with Gasteiger partial charge in [-0.15, -0.1) is 0 Å². The van der Waals surface area contributed by atoms with Crippen LogP contribution in [0.5, 0.6) is 5.75 Å². The van der Waals surface area contributed by atoms with Crippen LogP contribution in [0.4, 0.5) is 0 Å². The number of halogens is 1. The Balaban J connectivity index is 1.90. The molecule has 2 aromatic heterocycles. The fourth-order valence-corrected chi connectivity index (χ4v) is 2.01. The number of pyridine rings is 1. The van der Waals surface area contributed by atoms with Gasteiger partial charge in [0.1, 0.15) is 18.1 Å². The third-order valence-electron chi connectivity index (χ3n) is 2.62. The van der Waals surface area contributed by atoms with E-state index in [9.17, 15) is 0 Å². The largest absolute Gasteiger partial charge is 0.487 e. The predicted molar refractivity (Wildman–Crippen MR) is 77.0 cm³/mol. The SMILES string of the molecule is CCCNCc1occc1COc1cncc(Br)c1. The standard InChI is InChI=1S/C14H17BrN2O2/c1-2-4-16-9-14-11(3-5-18-14)10-19-13-6-12(15)7-17-8-13/h3,5-8,16H,2,4,9-10H2,1H3. The van der Waals surface area contributed by atoms with Crippen LogP contribution in [-0.2, 0) is 13.2 Å². The lowest BCUT2D eigenvalue weighted by Crippen LogP contribution is -2.14. The van der Waals surface area contributed by atoms with E-state index in [1.54, 1.807) is 18.7 Å². The molecule has 0 aliphatic carbocycles. The Morgan fingerprint density at radius 3 is 3.11 bits per heavy atom. The number of hydrogen-bond donors (Lipinski definition) is 1. The molecule has 2 rings (SSSR count). The third-order valence-corrected chi connectivity index (χ3v) is 3.06. The number of aromatic nitrogens is 1. The van der Waals surface area contributed by atoms with Crippen molar-refractivity contribution in [3.8, 4) is 5.75 Å². The van der Waals surface area contributed by atoms with Crippen LogP contribution in [0, 0.1) is 0 Å². The predicted octanol–water partition coefficient (Wildman–Crippen LogP) is 3.52. The van der Waals surface area contributed by atoms with E-state index in [0.29, 0.717) is 6.61 Å². The zero-order valence-corrected chi connectivity index (χ0v) is 12.4. The Bertz CT molecular complexity index is 514. The Morgan fingerprint density at radius 2 is 2.32 bits per heavy atom. The minimum Gasteiger partial charge on any atom is -0.487 e. The molecule has 0 atom stereocenters. The smallest absolute Gasteiger partial charge is 0.139 e. The molecule has 0 amide bonds. The van der Waals surface area contributed by atoms with Crippen molar-refractivity contribution in [2.75, 3.05) is 6.54 Å². The first kappa shape index (κ1) is 14.1. The summed E-state index contributed by atoms with van der Waals surface area (Å²) >= 11 is 3.37. The molecule has 0 saturated heterocycles. The second-order valence-electron chi connectivity index (χ2n) is 4.17. The number of hydrogen-bond acceptors (Lipinski definition) is 4. The zero-order valence-electron chi connectivity index (χ0n) is 10.9. The first-order chi connectivity index (χ1) is 9.29. The second kappa shape index (κ2) is 7.31. The van der Waals surface area contributed by atoms with E-state index >= 15 is 0 Å². The third kappa shape index (κ3) is 4.36. The van der Waals surface area contributed by atoms with Gasteiger partial charge >= 0.3 is 0 Å². The van der Waals surface area contributed by atoms with Crippen LogP contribution in [0.2, 0.25) is 0 Å². The van der Waals surface area contributed by atoms with Crippen LogP contribution in [0.3, 0.4) is 0 Å². The van der Waals surface area contributed by atoms with Crippen LogP contribution in [0.25, 0.3) is 0 Å². The lowest BCUT2D eigenvalue weighted by atomic mass is 10.2. The first-order valence-electron chi connectivity index (χ1n) is 6.29. The number of nitrogens with one attached hydrogen (secondary N) is 1. The molecular formula is C14H17BrN2O2. The van der Waals surface area contributed by atoms with Gasteiger partial charge in [0.15, 0.2) is 0 Å². The van der Waals surface area contributed by atoms with Crippen LogP contribution >= 0.6 is 15.9 Å². The maximum Gasteiger partial charge on any atom is 0.139 e. The summed E-state index contributed by atoms with van der Waals surface area (Å²) in [5.74, 6) is 1.67. The van der Waals surface area contributed by atoms with Crippen molar-refractivity contribution in [1.82, 2.24) is 10.3 Å². The van der Waals surface area contributed by atoms with Crippen molar-refractivity contribution < 1.29 is 9.15 Å². The van der Waals surface area contributed by atoms with Crippen LogP contribution < -0.4 is 10.1 Å². The van der Waals surface area contributed by atoms with Gasteiger partial charge in [0, 0.05) is 16.2 Å². The minimum absolute atomic E-state index is 0.484. The van der Waals surface area contributed by atoms with Gasteiger partial charge in [0.05, 0.1) is 19.0 Å². The number of ether oxygens (including phenoxy) is 1. The molecule has 0 unspecified atom stereocenters. The van der Waals surface area contributed by atoms with E-state index in [0.717, 1.165) is 41.1 Å². The Kier molecular flexibility index (Phi) is 5.42. The molecule has 0 aliphatic rings. The summed E-state index contributed by atoms with van der Waals surface area (Å²) in [5.41, 5.74) is 1.06. The Morgan fingerprint density at radius 1 is 1.42 bits per heavy atom. The van der Waals surface area contributed by atoms with Gasteiger partial charge in [-0.3, -0.25) is 4.98 Å². The van der Waals surface area contributed by atoms with E-state index in [-0.39, 0.29) is 0 Å². The van der Waals surface area contributed by atoms with Crippen LogP contribution in [-0.4, -0.2) is 11.5 Å². The number of rotatable bonds is 7. The molecule has 2 aromatic rings. The molecule has 0 radical (unpaired) electrons. The average Bonchev–Trinajstić information content (AvgIpc) is 2.84. The molecule has 5 heteroatoms. The van der Waals surface area contributed by atoms with Crippen LogP contribution in [0.1, 0.15) is 24.7 Å². The molecule has 2 heterocycles. The molecule has 4 nitrogen and oxygen atoms in total. The maximum atomic E-state index is 5.70. The molecule has 0 saturated carbocycles. The van der Waals surface area contributed by atoms with Crippen molar-refractivity contribution in [2.45, 2.75) is 26.5 Å². The van der Waals surface area contributed by atoms with Gasteiger partial charge in [0.2, 0.25) is 0 Å². The fourth-order valence-electron chi connectivity index (χ4n) is 1.66. The van der Waals surface area contributed by atoms with E-state index in [2.05, 4.69) is 33.2 Å². The fraction of sp³-hybridized carbons (Fsp3) is 0.357. The Hall–Kier alpha value is -1.33. The summed E-state index contributed by atoms with van der Waals surface area (Å²) in [6, 6.07) is 3.83. The highest BCUT2D eigenvalue weighted by Gasteiger charge is 2.07. The zero-order chi connectivity index (χ0) is 13.5. The second-order valence-corrected chi connectivity index (χ2v) is 5.09.